The van der Waals surface area contributed by atoms with Crippen molar-refractivity contribution in [2.45, 2.75) is 20.3 Å². The Balaban J connectivity index is 2.36. The van der Waals surface area contributed by atoms with Crippen LogP contribution in [-0.2, 0) is 6.42 Å². The van der Waals surface area contributed by atoms with Crippen molar-refractivity contribution in [1.29, 1.82) is 0 Å². The van der Waals surface area contributed by atoms with E-state index in [1.54, 1.807) is 0 Å². The highest BCUT2D eigenvalue weighted by Crippen LogP contribution is 2.20. The smallest absolute Gasteiger partial charge is 0.161 e. The molecule has 0 aromatic heterocycles. The van der Waals surface area contributed by atoms with E-state index in [4.69, 9.17) is 0 Å². The van der Waals surface area contributed by atoms with Gasteiger partial charge in [0.2, 0.25) is 0 Å². The second kappa shape index (κ2) is 5.03. The molecule has 100 valence electrons. The summed E-state index contributed by atoms with van der Waals surface area (Å²) in [5.41, 5.74) is 1.41. The molecular formula is C15H12F4. The Hall–Kier alpha value is -1.84. The first kappa shape index (κ1) is 13.6. The summed E-state index contributed by atoms with van der Waals surface area (Å²) in [5, 5.41) is 0. The monoisotopic (exact) mass is 268 g/mol. The van der Waals surface area contributed by atoms with Gasteiger partial charge in [0, 0.05) is 0 Å². The maximum atomic E-state index is 13.3. The third-order valence-corrected chi connectivity index (χ3v) is 2.95. The molecule has 2 aromatic carbocycles. The highest BCUT2D eigenvalue weighted by Gasteiger charge is 2.11. The summed E-state index contributed by atoms with van der Waals surface area (Å²) in [6, 6.07) is 5.13. The van der Waals surface area contributed by atoms with Crippen LogP contribution in [0.5, 0.6) is 0 Å². The summed E-state index contributed by atoms with van der Waals surface area (Å²) < 4.78 is 52.8. The molecule has 0 radical (unpaired) electrons. The van der Waals surface area contributed by atoms with Gasteiger partial charge in [-0.05, 0) is 54.7 Å². The third-order valence-electron chi connectivity index (χ3n) is 2.95. The van der Waals surface area contributed by atoms with Crippen molar-refractivity contribution in [2.75, 3.05) is 0 Å². The van der Waals surface area contributed by atoms with Gasteiger partial charge in [0.05, 0.1) is 0 Å². The largest absolute Gasteiger partial charge is 0.204 e. The van der Waals surface area contributed by atoms with E-state index in [0.29, 0.717) is 11.1 Å². The SMILES string of the molecule is Cc1cc(Cc2cc(C)c(F)c(F)c2)cc(F)c1F. The van der Waals surface area contributed by atoms with Gasteiger partial charge in [-0.25, -0.2) is 17.6 Å². The zero-order valence-electron chi connectivity index (χ0n) is 10.5. The summed E-state index contributed by atoms with van der Waals surface area (Å²) in [7, 11) is 0. The first-order valence-corrected chi connectivity index (χ1v) is 5.77. The van der Waals surface area contributed by atoms with E-state index in [2.05, 4.69) is 0 Å². The number of hydrogen-bond acceptors (Lipinski definition) is 0. The van der Waals surface area contributed by atoms with Gasteiger partial charge in [0.1, 0.15) is 0 Å². The molecule has 0 saturated carbocycles. The Morgan fingerprint density at radius 2 is 1.05 bits per heavy atom. The molecule has 0 bridgehead atoms. The fourth-order valence-electron chi connectivity index (χ4n) is 2.04. The van der Waals surface area contributed by atoms with Crippen LogP contribution >= 0.6 is 0 Å². The first-order valence-electron chi connectivity index (χ1n) is 5.77. The molecule has 0 atom stereocenters. The van der Waals surface area contributed by atoms with Crippen molar-refractivity contribution in [1.82, 2.24) is 0 Å². The van der Waals surface area contributed by atoms with E-state index in [1.165, 1.54) is 26.0 Å². The Bertz CT molecular complexity index is 531. The van der Waals surface area contributed by atoms with E-state index in [9.17, 15) is 17.6 Å². The minimum atomic E-state index is -0.936. The lowest BCUT2D eigenvalue weighted by Crippen LogP contribution is -1.98. The van der Waals surface area contributed by atoms with Crippen molar-refractivity contribution in [2.24, 2.45) is 0 Å². The lowest BCUT2D eigenvalue weighted by atomic mass is 10.0. The molecule has 19 heavy (non-hydrogen) atoms. The lowest BCUT2D eigenvalue weighted by molar-refractivity contribution is 0.500. The van der Waals surface area contributed by atoms with Gasteiger partial charge in [0.25, 0.3) is 0 Å². The summed E-state index contributed by atoms with van der Waals surface area (Å²) in [6.07, 6.45) is 0.218. The molecule has 0 unspecified atom stereocenters. The average Bonchev–Trinajstić information content (AvgIpc) is 2.33. The van der Waals surface area contributed by atoms with Gasteiger partial charge in [-0.3, -0.25) is 0 Å². The summed E-state index contributed by atoms with van der Waals surface area (Å²) in [4.78, 5) is 0. The molecule has 2 rings (SSSR count). The quantitative estimate of drug-likeness (QED) is 0.706. The molecule has 0 saturated heterocycles. The fraction of sp³-hybridized carbons (Fsp3) is 0.200. The van der Waals surface area contributed by atoms with E-state index >= 15 is 0 Å². The molecule has 0 amide bonds. The van der Waals surface area contributed by atoms with Crippen molar-refractivity contribution in [3.63, 3.8) is 0 Å². The molecule has 0 aliphatic rings. The van der Waals surface area contributed by atoms with Gasteiger partial charge >= 0.3 is 0 Å². The van der Waals surface area contributed by atoms with Crippen LogP contribution < -0.4 is 0 Å². The van der Waals surface area contributed by atoms with Crippen molar-refractivity contribution in [3.8, 4) is 0 Å². The summed E-state index contributed by atoms with van der Waals surface area (Å²) in [5.74, 6) is -3.64. The minimum Gasteiger partial charge on any atom is -0.204 e. The number of rotatable bonds is 2. The number of benzene rings is 2. The van der Waals surface area contributed by atoms with Crippen LogP contribution in [0.1, 0.15) is 22.3 Å². The van der Waals surface area contributed by atoms with Gasteiger partial charge in [-0.2, -0.15) is 0 Å². The fourth-order valence-corrected chi connectivity index (χ4v) is 2.04. The van der Waals surface area contributed by atoms with Crippen LogP contribution in [0.15, 0.2) is 24.3 Å². The van der Waals surface area contributed by atoms with E-state index in [1.807, 2.05) is 0 Å². The molecule has 2 aromatic rings. The molecule has 0 aliphatic heterocycles. The molecular weight excluding hydrogens is 256 g/mol. The van der Waals surface area contributed by atoms with Crippen molar-refractivity contribution in [3.05, 3.63) is 69.8 Å². The maximum absolute atomic E-state index is 13.3. The standard InChI is InChI=1S/C15H12F4/c1-8-3-10(6-12(16)14(8)18)5-11-4-9(2)15(19)13(17)7-11/h3-4,6-7H,5H2,1-2H3. The van der Waals surface area contributed by atoms with E-state index in [0.717, 1.165) is 12.1 Å². The second-order valence-electron chi connectivity index (χ2n) is 4.59. The van der Waals surface area contributed by atoms with Crippen LogP contribution in [0.4, 0.5) is 17.6 Å². The normalized spacial score (nSPS) is 10.8. The average molecular weight is 268 g/mol. The molecule has 0 spiro atoms. The first-order chi connectivity index (χ1) is 8.88. The Labute approximate surface area is 108 Å². The Kier molecular flexibility index (Phi) is 3.60. The van der Waals surface area contributed by atoms with Gasteiger partial charge in [-0.1, -0.05) is 12.1 Å². The van der Waals surface area contributed by atoms with Gasteiger partial charge in [-0.15, -0.1) is 0 Å². The predicted molar refractivity (Wildman–Crippen MR) is 65.0 cm³/mol. The molecule has 0 fully saturated rings. The van der Waals surface area contributed by atoms with Crippen molar-refractivity contribution < 1.29 is 17.6 Å². The van der Waals surface area contributed by atoms with Crippen LogP contribution in [0.2, 0.25) is 0 Å². The molecule has 0 heterocycles. The zero-order valence-corrected chi connectivity index (χ0v) is 10.5. The number of halogens is 4. The summed E-state index contributed by atoms with van der Waals surface area (Å²) in [6.45, 7) is 2.91. The molecule has 0 N–H and O–H groups in total. The van der Waals surface area contributed by atoms with E-state index in [-0.39, 0.29) is 17.5 Å². The highest BCUT2D eigenvalue weighted by molar-refractivity contribution is 5.33. The van der Waals surface area contributed by atoms with E-state index < -0.39 is 23.3 Å². The van der Waals surface area contributed by atoms with Crippen molar-refractivity contribution >= 4 is 0 Å². The van der Waals surface area contributed by atoms with Crippen LogP contribution in [0, 0.1) is 37.1 Å². The van der Waals surface area contributed by atoms with Gasteiger partial charge in [0.15, 0.2) is 23.3 Å². The number of hydrogen-bond donors (Lipinski definition) is 0. The molecule has 0 nitrogen and oxygen atoms in total. The predicted octanol–water partition coefficient (Wildman–Crippen LogP) is 4.45. The minimum absolute atomic E-state index is 0.189. The number of aryl methyl sites for hydroxylation is 2. The van der Waals surface area contributed by atoms with Crippen LogP contribution in [0.3, 0.4) is 0 Å². The van der Waals surface area contributed by atoms with Crippen LogP contribution in [0.25, 0.3) is 0 Å². The highest BCUT2D eigenvalue weighted by atomic mass is 19.2. The Morgan fingerprint density at radius 1 is 0.684 bits per heavy atom. The zero-order chi connectivity index (χ0) is 14.2. The van der Waals surface area contributed by atoms with Crippen LogP contribution in [-0.4, -0.2) is 0 Å². The summed E-state index contributed by atoms with van der Waals surface area (Å²) >= 11 is 0. The lowest BCUT2D eigenvalue weighted by Gasteiger charge is -2.07. The third kappa shape index (κ3) is 2.78. The molecule has 4 heteroatoms. The second-order valence-corrected chi connectivity index (χ2v) is 4.59. The topological polar surface area (TPSA) is 0 Å². The van der Waals surface area contributed by atoms with Gasteiger partial charge < -0.3 is 0 Å². The Morgan fingerprint density at radius 3 is 1.37 bits per heavy atom. The maximum Gasteiger partial charge on any atom is 0.161 e. The molecule has 0 aliphatic carbocycles.